The van der Waals surface area contributed by atoms with Crippen LogP contribution in [0.25, 0.3) is 0 Å². The second-order valence-corrected chi connectivity index (χ2v) is 8.26. The Morgan fingerprint density at radius 2 is 2.00 bits per heavy atom. The largest absolute Gasteiger partial charge is 0.494 e. The number of nitrogen functional groups attached to an aromatic ring is 1. The fourth-order valence-electron chi connectivity index (χ4n) is 4.24. The first-order valence-electron chi connectivity index (χ1n) is 10.4. The molecule has 5 rings (SSSR count). The lowest BCUT2D eigenvalue weighted by Gasteiger charge is -2.22. The Labute approximate surface area is 191 Å². The second kappa shape index (κ2) is 8.22. The van der Waals surface area contributed by atoms with E-state index in [0.717, 1.165) is 11.1 Å². The van der Waals surface area contributed by atoms with Gasteiger partial charge in [-0.05, 0) is 29.7 Å². The summed E-state index contributed by atoms with van der Waals surface area (Å²) in [6.45, 7) is 4.18. The fourth-order valence-corrected chi connectivity index (χ4v) is 4.24. The summed E-state index contributed by atoms with van der Waals surface area (Å²) in [5, 5.41) is 11.0. The summed E-state index contributed by atoms with van der Waals surface area (Å²) in [4.78, 5) is 27.2. The molecule has 1 aliphatic carbocycles. The summed E-state index contributed by atoms with van der Waals surface area (Å²) in [5.41, 5.74) is 14.4. The molecule has 8 heteroatoms. The number of hydrogen-bond donors (Lipinski definition) is 3. The molecule has 3 aromatic rings. The van der Waals surface area contributed by atoms with Crippen molar-refractivity contribution >= 4 is 17.4 Å². The molecule has 1 aromatic heterocycles. The number of benzene rings is 2. The van der Waals surface area contributed by atoms with Gasteiger partial charge in [-0.3, -0.25) is 14.6 Å². The molecule has 0 bridgehead atoms. The Balaban J connectivity index is 0.000000200. The van der Waals surface area contributed by atoms with E-state index < -0.39 is 17.6 Å². The number of carbonyl (C=O) groups excluding carboxylic acids is 2. The highest BCUT2D eigenvalue weighted by Crippen LogP contribution is 2.56. The van der Waals surface area contributed by atoms with Crippen molar-refractivity contribution in [3.63, 3.8) is 0 Å². The van der Waals surface area contributed by atoms with Gasteiger partial charge >= 0.3 is 0 Å². The summed E-state index contributed by atoms with van der Waals surface area (Å²) >= 11 is 0. The maximum absolute atomic E-state index is 12.8. The van der Waals surface area contributed by atoms with Crippen LogP contribution < -0.4 is 20.9 Å². The summed E-state index contributed by atoms with van der Waals surface area (Å²) in [6, 6.07) is 12.4. The van der Waals surface area contributed by atoms with E-state index >= 15 is 0 Å². The molecule has 0 saturated carbocycles. The van der Waals surface area contributed by atoms with Crippen LogP contribution in [0.4, 0.5) is 5.69 Å². The first-order valence-corrected chi connectivity index (χ1v) is 10.4. The first-order chi connectivity index (χ1) is 15.7. The Kier molecular flexibility index (Phi) is 5.55. The van der Waals surface area contributed by atoms with Crippen molar-refractivity contribution in [3.8, 4) is 11.5 Å². The fraction of sp³-hybridized carbons (Fsp3) is 0.240. The number of methoxy groups -OCH3 is 1. The minimum atomic E-state index is -1.64. The average molecular weight is 447 g/mol. The molecule has 0 saturated heterocycles. The number of fused-ring (bicyclic) bond motifs is 5. The van der Waals surface area contributed by atoms with Crippen LogP contribution in [-0.2, 0) is 5.79 Å². The topological polar surface area (TPSA) is 138 Å². The van der Waals surface area contributed by atoms with Gasteiger partial charge in [-0.15, -0.1) is 0 Å². The van der Waals surface area contributed by atoms with E-state index in [2.05, 4.69) is 18.8 Å². The number of nitrogens with zero attached hydrogens (tertiary/aromatic N) is 1. The number of pyridine rings is 1. The third-order valence-electron chi connectivity index (χ3n) is 5.93. The quantitative estimate of drug-likeness (QED) is 0.525. The lowest BCUT2D eigenvalue weighted by molar-refractivity contribution is -0.134. The van der Waals surface area contributed by atoms with Gasteiger partial charge in [0.25, 0.3) is 5.91 Å². The van der Waals surface area contributed by atoms with Gasteiger partial charge in [-0.2, -0.15) is 0 Å². The van der Waals surface area contributed by atoms with Crippen molar-refractivity contribution in [1.29, 1.82) is 0 Å². The Morgan fingerprint density at radius 3 is 2.64 bits per heavy atom. The molecule has 8 nitrogen and oxygen atoms in total. The number of anilines is 1. The lowest BCUT2D eigenvalue weighted by atomic mass is 9.91. The molecule has 170 valence electrons. The highest BCUT2D eigenvalue weighted by atomic mass is 16.6. The van der Waals surface area contributed by atoms with Gasteiger partial charge in [-0.25, -0.2) is 0 Å². The molecule has 5 N–H and O–H groups in total. The predicted molar refractivity (Wildman–Crippen MR) is 122 cm³/mol. The standard InChI is InChI=1S/C18H17NO3.C7H8N2O2/c1-9(2)10-6-7-11-14(8-10)22-18(21)12-4-3-5-13(19)15(12)17(20)16(11)18;1-11-6-4-9-3-2-5(6)7(8)10/h3-9,16,21H,19H2,1-2H3;2-4H,1H3,(H2,8,10). The zero-order valence-corrected chi connectivity index (χ0v) is 18.5. The van der Waals surface area contributed by atoms with Gasteiger partial charge in [0, 0.05) is 23.0 Å². The first kappa shape index (κ1) is 22.3. The minimum absolute atomic E-state index is 0.174. The third kappa shape index (κ3) is 3.58. The van der Waals surface area contributed by atoms with Crippen LogP contribution in [0.15, 0.2) is 54.9 Å². The van der Waals surface area contributed by atoms with Crippen LogP contribution in [-0.4, -0.2) is 28.9 Å². The van der Waals surface area contributed by atoms with Crippen molar-refractivity contribution < 1.29 is 24.2 Å². The molecule has 0 spiro atoms. The molecular weight excluding hydrogens is 422 g/mol. The van der Waals surface area contributed by atoms with Crippen LogP contribution in [0.1, 0.15) is 63.1 Å². The minimum Gasteiger partial charge on any atom is -0.494 e. The maximum atomic E-state index is 12.8. The number of nitrogens with two attached hydrogens (primary N) is 2. The molecule has 2 aliphatic rings. The predicted octanol–water partition coefficient (Wildman–Crippen LogP) is 3.10. The summed E-state index contributed by atoms with van der Waals surface area (Å²) in [5.74, 6) is -1.72. The van der Waals surface area contributed by atoms with Gasteiger partial charge in [0.05, 0.1) is 24.4 Å². The lowest BCUT2D eigenvalue weighted by Crippen LogP contribution is -2.32. The van der Waals surface area contributed by atoms with E-state index in [1.165, 1.54) is 25.6 Å². The van der Waals surface area contributed by atoms with Gasteiger partial charge in [-0.1, -0.05) is 38.1 Å². The highest BCUT2D eigenvalue weighted by Gasteiger charge is 2.59. The number of amides is 1. The monoisotopic (exact) mass is 447 g/mol. The third-order valence-corrected chi connectivity index (χ3v) is 5.93. The number of Topliss-reactive ketones (excluding diaryl/α,β-unsaturated/α-hetero) is 1. The molecule has 2 heterocycles. The number of ketones is 1. The smallest absolute Gasteiger partial charge is 0.252 e. The number of aliphatic hydroxyl groups is 1. The molecule has 2 atom stereocenters. The number of hydrogen-bond acceptors (Lipinski definition) is 7. The van der Waals surface area contributed by atoms with Crippen LogP contribution in [0.2, 0.25) is 0 Å². The molecule has 0 fully saturated rings. The number of aromatic nitrogens is 1. The van der Waals surface area contributed by atoms with Crippen molar-refractivity contribution in [2.75, 3.05) is 12.8 Å². The SMILES string of the molecule is CC(C)c1ccc2c(c1)OC1(O)c3cccc(N)c3C(=O)C21.COc1cnccc1C(N)=O. The van der Waals surface area contributed by atoms with Crippen molar-refractivity contribution in [2.24, 2.45) is 5.73 Å². The summed E-state index contributed by atoms with van der Waals surface area (Å²) in [7, 11) is 1.46. The van der Waals surface area contributed by atoms with Crippen molar-refractivity contribution in [1.82, 2.24) is 4.98 Å². The molecule has 1 aliphatic heterocycles. The number of carbonyl (C=O) groups is 2. The van der Waals surface area contributed by atoms with Crippen LogP contribution in [0.5, 0.6) is 11.5 Å². The van der Waals surface area contributed by atoms with E-state index in [0.29, 0.717) is 39.8 Å². The summed E-state index contributed by atoms with van der Waals surface area (Å²) < 4.78 is 10.7. The van der Waals surface area contributed by atoms with E-state index in [4.69, 9.17) is 20.9 Å². The van der Waals surface area contributed by atoms with Crippen LogP contribution in [0.3, 0.4) is 0 Å². The second-order valence-electron chi connectivity index (χ2n) is 8.26. The van der Waals surface area contributed by atoms with Gasteiger partial charge in [0.15, 0.2) is 5.78 Å². The van der Waals surface area contributed by atoms with E-state index in [-0.39, 0.29) is 5.78 Å². The van der Waals surface area contributed by atoms with Gasteiger partial charge in [0.1, 0.15) is 17.4 Å². The molecule has 1 amide bonds. The zero-order valence-electron chi connectivity index (χ0n) is 18.5. The normalized spacial score (nSPS) is 19.7. The van der Waals surface area contributed by atoms with E-state index in [9.17, 15) is 14.7 Å². The Hall–Kier alpha value is -3.91. The highest BCUT2D eigenvalue weighted by molar-refractivity contribution is 6.11. The molecule has 2 unspecified atom stereocenters. The number of rotatable bonds is 3. The van der Waals surface area contributed by atoms with Crippen molar-refractivity contribution in [3.05, 3.63) is 82.7 Å². The zero-order chi connectivity index (χ0) is 23.9. The van der Waals surface area contributed by atoms with E-state index in [1.807, 2.05) is 18.2 Å². The number of primary amides is 1. The van der Waals surface area contributed by atoms with Crippen LogP contribution >= 0.6 is 0 Å². The van der Waals surface area contributed by atoms with Crippen molar-refractivity contribution in [2.45, 2.75) is 31.5 Å². The van der Waals surface area contributed by atoms with Gasteiger partial charge in [0.2, 0.25) is 5.79 Å². The summed E-state index contributed by atoms with van der Waals surface area (Å²) in [6.07, 6.45) is 2.93. The van der Waals surface area contributed by atoms with Crippen LogP contribution in [0, 0.1) is 0 Å². The Bertz CT molecular complexity index is 1260. The maximum Gasteiger partial charge on any atom is 0.252 e. The average Bonchev–Trinajstić information content (AvgIpc) is 3.21. The molecule has 0 radical (unpaired) electrons. The Morgan fingerprint density at radius 1 is 1.24 bits per heavy atom. The molecule has 33 heavy (non-hydrogen) atoms. The van der Waals surface area contributed by atoms with Gasteiger partial charge < -0.3 is 26.0 Å². The molecular formula is C25H25N3O5. The molecule has 2 aromatic carbocycles. The number of ether oxygens (including phenoxy) is 2. The van der Waals surface area contributed by atoms with E-state index in [1.54, 1.807) is 18.2 Å².